The molecule has 2 aromatic carbocycles. The summed E-state index contributed by atoms with van der Waals surface area (Å²) in [5, 5.41) is 25.3. The fourth-order valence-electron chi connectivity index (χ4n) is 3.24. The quantitative estimate of drug-likeness (QED) is 0.380. The molecule has 0 aromatic heterocycles. The number of urea groups is 1. The van der Waals surface area contributed by atoms with Crippen molar-refractivity contribution >= 4 is 29.1 Å². The summed E-state index contributed by atoms with van der Waals surface area (Å²) in [7, 11) is 0. The number of halogens is 4. The van der Waals surface area contributed by atoms with Crippen LogP contribution in [-0.4, -0.2) is 33.7 Å². The first-order valence-electron chi connectivity index (χ1n) is 8.36. The molecule has 1 saturated heterocycles. The zero-order valence-electron chi connectivity index (χ0n) is 14.8. The van der Waals surface area contributed by atoms with E-state index in [1.54, 1.807) is 0 Å². The number of nitro groups is 1. The number of nitrogens with zero attached hydrogens (tertiary/aromatic N) is 1. The van der Waals surface area contributed by atoms with Crippen LogP contribution in [0, 0.1) is 16.0 Å². The van der Waals surface area contributed by atoms with Gasteiger partial charge in [-0.1, -0.05) is 23.7 Å². The second-order valence-corrected chi connectivity index (χ2v) is 6.98. The van der Waals surface area contributed by atoms with Crippen LogP contribution in [0.15, 0.2) is 48.5 Å². The van der Waals surface area contributed by atoms with E-state index >= 15 is 0 Å². The first-order chi connectivity index (χ1) is 13.9. The minimum Gasteiger partial charge on any atom is -0.363 e. The third-order valence-electron chi connectivity index (χ3n) is 4.66. The molecule has 1 heterocycles. The van der Waals surface area contributed by atoms with Crippen molar-refractivity contribution in [3.05, 3.63) is 74.8 Å². The Morgan fingerprint density at radius 2 is 1.83 bits per heavy atom. The van der Waals surface area contributed by atoms with E-state index < -0.39 is 46.3 Å². The van der Waals surface area contributed by atoms with Gasteiger partial charge in [0.25, 0.3) is 5.69 Å². The van der Waals surface area contributed by atoms with E-state index in [0.29, 0.717) is 0 Å². The van der Waals surface area contributed by atoms with Crippen molar-refractivity contribution < 1.29 is 32.8 Å². The van der Waals surface area contributed by atoms with Crippen molar-refractivity contribution in [3.63, 3.8) is 0 Å². The van der Waals surface area contributed by atoms with Gasteiger partial charge in [-0.15, -0.1) is 0 Å². The predicted octanol–water partition coefficient (Wildman–Crippen LogP) is 3.35. The van der Waals surface area contributed by atoms with Gasteiger partial charge in [0.05, 0.1) is 11.0 Å². The summed E-state index contributed by atoms with van der Waals surface area (Å²) >= 11 is 5.75. The molecule has 0 saturated carbocycles. The number of nitro benzene ring substituents is 1. The number of aliphatic hydroxyl groups is 1. The predicted molar refractivity (Wildman–Crippen MR) is 97.8 cm³/mol. The van der Waals surface area contributed by atoms with E-state index in [1.807, 2.05) is 0 Å². The largest absolute Gasteiger partial charge is 0.437 e. The number of hydrogen-bond acceptors (Lipinski definition) is 5. The molecule has 0 radical (unpaired) electrons. The van der Waals surface area contributed by atoms with E-state index in [1.165, 1.54) is 41.7 Å². The molecule has 158 valence electrons. The molecule has 8 nitrogen and oxygen atoms in total. The molecular weight excluding hydrogens is 431 g/mol. The number of hydrogen-bond donors (Lipinski definition) is 3. The SMILES string of the molecule is O=C1N[C@H](c2cccc([N+](=O)[O-])c2)[C@@H](C(=O)c2ccc(Cl)cc2)[C@](O)(C(F)(F)F)N1. The molecule has 2 aromatic rings. The highest BCUT2D eigenvalue weighted by Crippen LogP contribution is 2.44. The number of carbonyl (C=O) groups is 2. The van der Waals surface area contributed by atoms with Gasteiger partial charge in [0.2, 0.25) is 5.72 Å². The number of rotatable bonds is 4. The summed E-state index contributed by atoms with van der Waals surface area (Å²) in [6.07, 6.45) is -5.43. The second-order valence-electron chi connectivity index (χ2n) is 6.54. The Bertz CT molecular complexity index is 1010. The third kappa shape index (κ3) is 3.81. The van der Waals surface area contributed by atoms with E-state index in [2.05, 4.69) is 5.32 Å². The number of carbonyl (C=O) groups excluding carboxylic acids is 2. The number of benzene rings is 2. The highest BCUT2D eigenvalue weighted by molar-refractivity contribution is 6.30. The first kappa shape index (κ1) is 21.5. The third-order valence-corrected chi connectivity index (χ3v) is 4.91. The fraction of sp³-hybridized carbons (Fsp3) is 0.222. The van der Waals surface area contributed by atoms with Crippen molar-refractivity contribution in [3.8, 4) is 0 Å². The lowest BCUT2D eigenvalue weighted by molar-refractivity contribution is -0.385. The van der Waals surface area contributed by atoms with Crippen LogP contribution in [0.25, 0.3) is 0 Å². The van der Waals surface area contributed by atoms with Gasteiger partial charge in [0.1, 0.15) is 5.92 Å². The molecule has 0 bridgehead atoms. The highest BCUT2D eigenvalue weighted by atomic mass is 35.5. The van der Waals surface area contributed by atoms with Crippen LogP contribution in [0.1, 0.15) is 22.0 Å². The Balaban J connectivity index is 2.18. The summed E-state index contributed by atoms with van der Waals surface area (Å²) in [5.41, 5.74) is -4.76. The number of non-ortho nitro benzene ring substituents is 1. The molecule has 0 unspecified atom stereocenters. The topological polar surface area (TPSA) is 122 Å². The van der Waals surface area contributed by atoms with Crippen LogP contribution in [-0.2, 0) is 0 Å². The molecule has 30 heavy (non-hydrogen) atoms. The van der Waals surface area contributed by atoms with Crippen molar-refractivity contribution in [2.24, 2.45) is 5.92 Å². The summed E-state index contributed by atoms with van der Waals surface area (Å²) in [6, 6.07) is 6.20. The molecular formula is C18H13ClF3N3O5. The van der Waals surface area contributed by atoms with Gasteiger partial charge < -0.3 is 15.7 Å². The smallest absolute Gasteiger partial charge is 0.363 e. The lowest BCUT2D eigenvalue weighted by Gasteiger charge is -2.45. The van der Waals surface area contributed by atoms with Crippen molar-refractivity contribution in [1.82, 2.24) is 10.6 Å². The van der Waals surface area contributed by atoms with E-state index in [-0.39, 0.29) is 16.1 Å². The Morgan fingerprint density at radius 3 is 2.40 bits per heavy atom. The van der Waals surface area contributed by atoms with E-state index in [0.717, 1.165) is 12.1 Å². The minimum absolute atomic E-state index is 0.158. The van der Waals surface area contributed by atoms with Gasteiger partial charge in [-0.25, -0.2) is 4.79 Å². The number of ketones is 1. The Morgan fingerprint density at radius 1 is 1.20 bits per heavy atom. The van der Waals surface area contributed by atoms with Crippen LogP contribution >= 0.6 is 11.6 Å². The van der Waals surface area contributed by atoms with Crippen LogP contribution in [0.2, 0.25) is 5.02 Å². The van der Waals surface area contributed by atoms with Crippen LogP contribution < -0.4 is 10.6 Å². The standard InChI is InChI=1S/C18H13ClF3N3O5/c19-11-6-4-9(5-7-11)15(26)13-14(10-2-1-3-12(8-10)25(29)30)23-16(27)24-17(13,28)18(20,21)22/h1-8,13-14,28H,(H2,23,24,27)/t13-,14+,17-/m0/s1. The first-order valence-corrected chi connectivity index (χ1v) is 8.74. The number of Topliss-reactive ketones (excluding diaryl/α,β-unsaturated/α-hetero) is 1. The average Bonchev–Trinajstić information content (AvgIpc) is 2.66. The van der Waals surface area contributed by atoms with Gasteiger partial charge in [-0.05, 0) is 29.8 Å². The van der Waals surface area contributed by atoms with Crippen LogP contribution in [0.5, 0.6) is 0 Å². The van der Waals surface area contributed by atoms with Gasteiger partial charge in [0.15, 0.2) is 5.78 Å². The Kier molecular flexibility index (Phi) is 5.44. The molecule has 3 N–H and O–H groups in total. The highest BCUT2D eigenvalue weighted by Gasteiger charge is 2.66. The van der Waals surface area contributed by atoms with Crippen molar-refractivity contribution in [1.29, 1.82) is 0 Å². The Labute approximate surface area is 171 Å². The summed E-state index contributed by atoms with van der Waals surface area (Å²) in [4.78, 5) is 35.3. The van der Waals surface area contributed by atoms with E-state index in [9.17, 15) is 38.0 Å². The van der Waals surface area contributed by atoms with E-state index in [4.69, 9.17) is 11.6 Å². The van der Waals surface area contributed by atoms with Gasteiger partial charge in [-0.2, -0.15) is 13.2 Å². The summed E-state index contributed by atoms with van der Waals surface area (Å²) < 4.78 is 41.4. The molecule has 2 amide bonds. The van der Waals surface area contributed by atoms with Gasteiger partial charge in [0, 0.05) is 22.7 Å². The van der Waals surface area contributed by atoms with Crippen molar-refractivity contribution in [2.75, 3.05) is 0 Å². The van der Waals surface area contributed by atoms with Crippen LogP contribution in [0.4, 0.5) is 23.7 Å². The molecule has 1 aliphatic heterocycles. The fourth-order valence-corrected chi connectivity index (χ4v) is 3.37. The summed E-state index contributed by atoms with van der Waals surface area (Å²) in [5.74, 6) is -3.45. The zero-order valence-corrected chi connectivity index (χ0v) is 15.6. The maximum Gasteiger partial charge on any atom is 0.437 e. The zero-order chi connectivity index (χ0) is 22.3. The molecule has 0 spiro atoms. The van der Waals surface area contributed by atoms with Gasteiger partial charge >= 0.3 is 12.2 Å². The molecule has 1 aliphatic rings. The van der Waals surface area contributed by atoms with Crippen molar-refractivity contribution in [2.45, 2.75) is 17.9 Å². The monoisotopic (exact) mass is 443 g/mol. The lowest BCUT2D eigenvalue weighted by Crippen LogP contribution is -2.72. The van der Waals surface area contributed by atoms with Crippen LogP contribution in [0.3, 0.4) is 0 Å². The lowest BCUT2D eigenvalue weighted by atomic mass is 9.77. The number of alkyl halides is 3. The molecule has 12 heteroatoms. The maximum atomic E-state index is 13.8. The molecule has 3 atom stereocenters. The number of nitrogens with one attached hydrogen (secondary N) is 2. The molecule has 0 aliphatic carbocycles. The maximum absolute atomic E-state index is 13.8. The Hall–Kier alpha value is -3.18. The minimum atomic E-state index is -5.43. The normalized spacial score (nSPS) is 24.0. The second kappa shape index (κ2) is 7.58. The molecule has 3 rings (SSSR count). The average molecular weight is 444 g/mol. The number of amides is 2. The molecule has 1 fully saturated rings. The summed E-state index contributed by atoms with van der Waals surface area (Å²) in [6.45, 7) is 0. The van der Waals surface area contributed by atoms with Gasteiger partial charge in [-0.3, -0.25) is 14.9 Å².